The van der Waals surface area contributed by atoms with Crippen molar-refractivity contribution in [1.82, 2.24) is 10.3 Å². The predicted octanol–water partition coefficient (Wildman–Crippen LogP) is 4.34. The number of aromatic nitrogens is 1. The first-order valence-electron chi connectivity index (χ1n) is 7.61. The maximum Gasteiger partial charge on any atom is 0.391 e. The lowest BCUT2D eigenvalue weighted by Crippen LogP contribution is -2.42. The van der Waals surface area contributed by atoms with E-state index in [-0.39, 0.29) is 24.8 Å². The quantitative estimate of drug-likeness (QED) is 0.873. The minimum atomic E-state index is -4.05. The van der Waals surface area contributed by atoms with E-state index in [0.717, 1.165) is 30.1 Å². The molecule has 2 rings (SSSR count). The molecule has 0 saturated heterocycles. The molecule has 1 fully saturated rings. The number of nitrogens with one attached hydrogen (secondary N) is 1. The van der Waals surface area contributed by atoms with Crippen molar-refractivity contribution in [2.75, 3.05) is 6.54 Å². The lowest BCUT2D eigenvalue weighted by molar-refractivity contribution is -0.186. The van der Waals surface area contributed by atoms with Gasteiger partial charge < -0.3 is 5.32 Å². The van der Waals surface area contributed by atoms with E-state index in [2.05, 4.69) is 10.3 Å². The Kier molecular flexibility index (Phi) is 5.66. The molecule has 1 N–H and O–H groups in total. The van der Waals surface area contributed by atoms with E-state index in [1.54, 1.807) is 11.3 Å². The summed E-state index contributed by atoms with van der Waals surface area (Å²) < 4.78 is 38.9. The molecule has 0 aliphatic heterocycles. The fourth-order valence-corrected chi connectivity index (χ4v) is 3.91. The number of thiazole rings is 1. The molecule has 2 nitrogen and oxygen atoms in total. The Hall–Kier alpha value is -0.620. The lowest BCUT2D eigenvalue weighted by atomic mass is 9.76. The number of alkyl halides is 3. The van der Waals surface area contributed by atoms with Gasteiger partial charge in [0.25, 0.3) is 0 Å². The summed E-state index contributed by atoms with van der Waals surface area (Å²) in [6, 6.07) is 0.0987. The van der Waals surface area contributed by atoms with Crippen LogP contribution in [0.1, 0.15) is 43.3 Å². The Morgan fingerprint density at radius 2 is 2.19 bits per heavy atom. The van der Waals surface area contributed by atoms with Gasteiger partial charge in [0.2, 0.25) is 0 Å². The summed E-state index contributed by atoms with van der Waals surface area (Å²) in [6.07, 6.45) is -1.22. The number of likely N-dealkylation sites (N-methyl/N-ethyl adjacent to an activating group) is 1. The highest BCUT2D eigenvalue weighted by molar-refractivity contribution is 7.09. The molecule has 0 radical (unpaired) electrons. The minimum absolute atomic E-state index is 0.0901. The SMILES string of the molecule is CCNC(Cc1csc(C)n1)C1CCCC(C(F)(F)F)C1. The first kappa shape index (κ1) is 16.7. The highest BCUT2D eigenvalue weighted by atomic mass is 32.1. The topological polar surface area (TPSA) is 24.9 Å². The summed E-state index contributed by atoms with van der Waals surface area (Å²) in [4.78, 5) is 4.45. The minimum Gasteiger partial charge on any atom is -0.314 e. The zero-order chi connectivity index (χ0) is 15.5. The van der Waals surface area contributed by atoms with Crippen LogP contribution in [-0.2, 0) is 6.42 Å². The smallest absolute Gasteiger partial charge is 0.314 e. The van der Waals surface area contributed by atoms with Gasteiger partial charge in [-0.05, 0) is 38.6 Å². The molecule has 1 aliphatic rings. The van der Waals surface area contributed by atoms with Crippen molar-refractivity contribution >= 4 is 11.3 Å². The van der Waals surface area contributed by atoms with Crippen LogP contribution < -0.4 is 5.32 Å². The Labute approximate surface area is 128 Å². The van der Waals surface area contributed by atoms with Gasteiger partial charge in [-0.25, -0.2) is 4.98 Å². The number of hydrogen-bond donors (Lipinski definition) is 1. The summed E-state index contributed by atoms with van der Waals surface area (Å²) in [5.74, 6) is -1.04. The lowest BCUT2D eigenvalue weighted by Gasteiger charge is -2.35. The van der Waals surface area contributed by atoms with Crippen molar-refractivity contribution in [3.8, 4) is 0 Å². The Balaban J connectivity index is 2.03. The molecule has 1 heterocycles. The number of nitrogens with zero attached hydrogens (tertiary/aromatic N) is 1. The number of halogens is 3. The van der Waals surface area contributed by atoms with Crippen molar-refractivity contribution in [1.29, 1.82) is 0 Å². The van der Waals surface area contributed by atoms with E-state index in [1.807, 2.05) is 19.2 Å². The Morgan fingerprint density at radius 3 is 2.76 bits per heavy atom. The average molecular weight is 320 g/mol. The van der Waals surface area contributed by atoms with Crippen LogP contribution in [0.3, 0.4) is 0 Å². The van der Waals surface area contributed by atoms with E-state index in [1.165, 1.54) is 0 Å². The molecule has 21 heavy (non-hydrogen) atoms. The van der Waals surface area contributed by atoms with Gasteiger partial charge in [-0.2, -0.15) is 13.2 Å². The summed E-state index contributed by atoms with van der Waals surface area (Å²) in [5, 5.41) is 6.41. The molecule has 0 bridgehead atoms. The van der Waals surface area contributed by atoms with Gasteiger partial charge >= 0.3 is 6.18 Å². The highest BCUT2D eigenvalue weighted by Gasteiger charge is 2.43. The molecule has 0 amide bonds. The molecular weight excluding hydrogens is 297 g/mol. The van der Waals surface area contributed by atoms with Crippen molar-refractivity contribution < 1.29 is 13.2 Å². The Bertz CT molecular complexity index is 444. The zero-order valence-corrected chi connectivity index (χ0v) is 13.4. The average Bonchev–Trinajstić information content (AvgIpc) is 2.83. The number of rotatable bonds is 5. The van der Waals surface area contributed by atoms with Gasteiger partial charge in [0.15, 0.2) is 0 Å². The van der Waals surface area contributed by atoms with Crippen LogP contribution in [0.4, 0.5) is 13.2 Å². The second-order valence-electron chi connectivity index (χ2n) is 5.89. The van der Waals surface area contributed by atoms with Crippen molar-refractivity contribution in [2.45, 2.75) is 58.2 Å². The van der Waals surface area contributed by atoms with E-state index < -0.39 is 12.1 Å². The van der Waals surface area contributed by atoms with E-state index in [0.29, 0.717) is 6.42 Å². The van der Waals surface area contributed by atoms with Gasteiger partial charge in [0, 0.05) is 17.8 Å². The number of hydrogen-bond acceptors (Lipinski definition) is 3. The maximum atomic E-state index is 13.0. The van der Waals surface area contributed by atoms with Gasteiger partial charge in [-0.3, -0.25) is 0 Å². The van der Waals surface area contributed by atoms with Crippen LogP contribution in [-0.4, -0.2) is 23.7 Å². The summed E-state index contributed by atoms with van der Waals surface area (Å²) in [5.41, 5.74) is 0.998. The molecule has 3 unspecified atom stereocenters. The molecule has 3 atom stereocenters. The fourth-order valence-electron chi connectivity index (χ4n) is 3.29. The molecule has 1 aliphatic carbocycles. The van der Waals surface area contributed by atoms with Gasteiger partial charge in [0.05, 0.1) is 16.6 Å². The van der Waals surface area contributed by atoms with Crippen LogP contribution in [0.2, 0.25) is 0 Å². The van der Waals surface area contributed by atoms with Gasteiger partial charge in [-0.15, -0.1) is 11.3 Å². The van der Waals surface area contributed by atoms with E-state index in [4.69, 9.17) is 0 Å². The zero-order valence-electron chi connectivity index (χ0n) is 12.5. The van der Waals surface area contributed by atoms with E-state index in [9.17, 15) is 13.2 Å². The van der Waals surface area contributed by atoms with Crippen LogP contribution in [0, 0.1) is 18.8 Å². The molecule has 120 valence electrons. The van der Waals surface area contributed by atoms with Gasteiger partial charge in [-0.1, -0.05) is 13.3 Å². The third-order valence-corrected chi connectivity index (χ3v) is 5.13. The Morgan fingerprint density at radius 1 is 1.43 bits per heavy atom. The van der Waals surface area contributed by atoms with Crippen LogP contribution in [0.15, 0.2) is 5.38 Å². The second kappa shape index (κ2) is 7.09. The standard InChI is InChI=1S/C15H23F3N2S/c1-3-19-14(8-13-9-21-10(2)20-13)11-5-4-6-12(7-11)15(16,17)18/h9,11-12,14,19H,3-8H2,1-2H3. The van der Waals surface area contributed by atoms with Crippen LogP contribution >= 0.6 is 11.3 Å². The number of aryl methyl sites for hydroxylation is 1. The molecule has 1 aromatic rings. The summed E-state index contributed by atoms with van der Waals surface area (Å²) in [6.45, 7) is 4.74. The largest absolute Gasteiger partial charge is 0.391 e. The predicted molar refractivity (Wildman–Crippen MR) is 79.5 cm³/mol. The fraction of sp³-hybridized carbons (Fsp3) is 0.800. The first-order chi connectivity index (χ1) is 9.90. The van der Waals surface area contributed by atoms with Crippen LogP contribution in [0.5, 0.6) is 0 Å². The molecular formula is C15H23F3N2S. The summed E-state index contributed by atoms with van der Waals surface area (Å²) >= 11 is 1.60. The molecule has 0 spiro atoms. The second-order valence-corrected chi connectivity index (χ2v) is 6.95. The molecule has 1 saturated carbocycles. The third kappa shape index (κ3) is 4.68. The molecule has 1 aromatic heterocycles. The van der Waals surface area contributed by atoms with E-state index >= 15 is 0 Å². The highest BCUT2D eigenvalue weighted by Crippen LogP contribution is 2.41. The normalized spacial score (nSPS) is 25.0. The third-order valence-electron chi connectivity index (χ3n) is 4.31. The first-order valence-corrected chi connectivity index (χ1v) is 8.49. The summed E-state index contributed by atoms with van der Waals surface area (Å²) in [7, 11) is 0. The van der Waals surface area contributed by atoms with Crippen molar-refractivity contribution in [2.24, 2.45) is 11.8 Å². The van der Waals surface area contributed by atoms with Crippen molar-refractivity contribution in [3.63, 3.8) is 0 Å². The molecule has 6 heteroatoms. The molecule has 0 aromatic carbocycles. The monoisotopic (exact) mass is 320 g/mol. The van der Waals surface area contributed by atoms with Gasteiger partial charge in [0.1, 0.15) is 0 Å². The van der Waals surface area contributed by atoms with Crippen LogP contribution in [0.25, 0.3) is 0 Å². The van der Waals surface area contributed by atoms with Crippen molar-refractivity contribution in [3.05, 3.63) is 16.1 Å². The maximum absolute atomic E-state index is 13.0.